The van der Waals surface area contributed by atoms with Crippen molar-refractivity contribution in [2.24, 2.45) is 5.92 Å². The summed E-state index contributed by atoms with van der Waals surface area (Å²) >= 11 is 0. The van der Waals surface area contributed by atoms with Crippen molar-refractivity contribution in [2.75, 3.05) is 32.0 Å². The first-order valence-corrected chi connectivity index (χ1v) is 9.88. The first-order valence-electron chi connectivity index (χ1n) is 8.27. The molecule has 24 heavy (non-hydrogen) atoms. The summed E-state index contributed by atoms with van der Waals surface area (Å²) in [5, 5.41) is 2.91. The van der Waals surface area contributed by atoms with Crippen molar-refractivity contribution >= 4 is 15.9 Å². The van der Waals surface area contributed by atoms with Crippen LogP contribution in [-0.4, -0.2) is 61.2 Å². The molecule has 1 N–H and O–H groups in total. The Bertz CT molecular complexity index is 687. The van der Waals surface area contributed by atoms with Crippen LogP contribution < -0.4 is 5.32 Å². The van der Waals surface area contributed by atoms with Crippen LogP contribution in [-0.2, 0) is 14.8 Å². The predicted molar refractivity (Wildman–Crippen MR) is 89.0 cm³/mol. The van der Waals surface area contributed by atoms with Crippen LogP contribution in [0.3, 0.4) is 0 Å². The highest BCUT2D eigenvalue weighted by Gasteiger charge is 2.55. The Kier molecular flexibility index (Phi) is 4.89. The third kappa shape index (κ3) is 3.31. The van der Waals surface area contributed by atoms with Gasteiger partial charge >= 0.3 is 0 Å². The molecule has 1 unspecified atom stereocenters. The predicted octanol–water partition coefficient (Wildman–Crippen LogP) is 0.642. The molecule has 1 amide bonds. The molecular weight excluding hydrogens is 330 g/mol. The van der Waals surface area contributed by atoms with Gasteiger partial charge in [-0.25, -0.2) is 8.42 Å². The van der Waals surface area contributed by atoms with Gasteiger partial charge in [0.2, 0.25) is 10.0 Å². The molecule has 7 nitrogen and oxygen atoms in total. The summed E-state index contributed by atoms with van der Waals surface area (Å²) in [6.07, 6.45) is 4.87. The number of sulfonamides is 1. The molecule has 1 aromatic heterocycles. The number of ether oxygens (including phenoxy) is 1. The zero-order valence-corrected chi connectivity index (χ0v) is 14.6. The number of aromatic nitrogens is 1. The van der Waals surface area contributed by atoms with Crippen LogP contribution >= 0.6 is 0 Å². The quantitative estimate of drug-likeness (QED) is 0.811. The van der Waals surface area contributed by atoms with E-state index in [2.05, 4.69) is 10.3 Å². The largest absolute Gasteiger partial charge is 0.372 e. The molecule has 0 aliphatic carbocycles. The van der Waals surface area contributed by atoms with Gasteiger partial charge in [-0.15, -0.1) is 0 Å². The average molecular weight is 353 g/mol. The molecule has 1 spiro atoms. The molecule has 1 atom stereocenters. The second kappa shape index (κ2) is 6.78. The molecule has 2 saturated heterocycles. The zero-order chi connectivity index (χ0) is 17.2. The molecule has 0 bridgehead atoms. The van der Waals surface area contributed by atoms with Crippen molar-refractivity contribution in [3.8, 4) is 0 Å². The van der Waals surface area contributed by atoms with Crippen molar-refractivity contribution in [1.29, 1.82) is 0 Å². The Balaban J connectivity index is 1.50. The number of rotatable bonds is 6. The standard InChI is InChI=1S/C16H23N3O4S/c1-2-24(21,22)19-11-16(12-19)14(6-10-23-16)5-9-18-15(20)13-3-7-17-8-4-13/h3-4,7-8,14H,2,5-6,9-12H2,1H3,(H,18,20). The normalized spacial score (nSPS) is 23.1. The van der Waals surface area contributed by atoms with E-state index in [1.807, 2.05) is 0 Å². The molecule has 0 saturated carbocycles. The van der Waals surface area contributed by atoms with Crippen molar-refractivity contribution < 1.29 is 17.9 Å². The Morgan fingerprint density at radius 3 is 2.79 bits per heavy atom. The maximum Gasteiger partial charge on any atom is 0.251 e. The highest BCUT2D eigenvalue weighted by Crippen LogP contribution is 2.42. The molecule has 132 valence electrons. The number of amides is 1. The summed E-state index contributed by atoms with van der Waals surface area (Å²) in [4.78, 5) is 15.9. The molecular formula is C16H23N3O4S. The van der Waals surface area contributed by atoms with Crippen molar-refractivity contribution in [2.45, 2.75) is 25.4 Å². The molecule has 2 aliphatic rings. The van der Waals surface area contributed by atoms with Crippen LogP contribution in [0.1, 0.15) is 30.1 Å². The molecule has 0 aromatic carbocycles. The second-order valence-electron chi connectivity index (χ2n) is 6.35. The number of nitrogens with zero attached hydrogens (tertiary/aromatic N) is 2. The van der Waals surface area contributed by atoms with Crippen LogP contribution in [0.4, 0.5) is 0 Å². The van der Waals surface area contributed by atoms with E-state index in [0.717, 1.165) is 12.8 Å². The third-order valence-electron chi connectivity index (χ3n) is 4.97. The van der Waals surface area contributed by atoms with Gasteiger partial charge in [-0.1, -0.05) is 0 Å². The topological polar surface area (TPSA) is 88.6 Å². The summed E-state index contributed by atoms with van der Waals surface area (Å²) in [6.45, 7) is 3.74. The number of hydrogen-bond donors (Lipinski definition) is 1. The summed E-state index contributed by atoms with van der Waals surface area (Å²) < 4.78 is 31.2. The van der Waals surface area contributed by atoms with Gasteiger partial charge in [0.05, 0.1) is 11.4 Å². The van der Waals surface area contributed by atoms with Crippen LogP contribution in [0.2, 0.25) is 0 Å². The van der Waals surface area contributed by atoms with E-state index < -0.39 is 10.0 Å². The van der Waals surface area contributed by atoms with Gasteiger partial charge in [0.1, 0.15) is 0 Å². The van der Waals surface area contributed by atoms with Gasteiger partial charge in [-0.05, 0) is 37.8 Å². The van der Waals surface area contributed by atoms with Crippen molar-refractivity contribution in [3.63, 3.8) is 0 Å². The van der Waals surface area contributed by atoms with Crippen LogP contribution in [0.25, 0.3) is 0 Å². The van der Waals surface area contributed by atoms with E-state index in [1.54, 1.807) is 31.5 Å². The van der Waals surface area contributed by atoms with E-state index in [-0.39, 0.29) is 23.2 Å². The highest BCUT2D eigenvalue weighted by molar-refractivity contribution is 7.89. The summed E-state index contributed by atoms with van der Waals surface area (Å²) in [7, 11) is -3.14. The maximum absolute atomic E-state index is 12.0. The highest BCUT2D eigenvalue weighted by atomic mass is 32.2. The fourth-order valence-corrected chi connectivity index (χ4v) is 4.63. The number of hydrogen-bond acceptors (Lipinski definition) is 5. The number of carbonyl (C=O) groups excluding carboxylic acids is 1. The minimum absolute atomic E-state index is 0.117. The van der Waals surface area contributed by atoms with E-state index in [0.29, 0.717) is 31.8 Å². The molecule has 2 fully saturated rings. The smallest absolute Gasteiger partial charge is 0.251 e. The van der Waals surface area contributed by atoms with Gasteiger partial charge in [0.25, 0.3) is 5.91 Å². The summed E-state index contributed by atoms with van der Waals surface area (Å²) in [6, 6.07) is 3.35. The lowest BCUT2D eigenvalue weighted by atomic mass is 9.80. The number of carbonyl (C=O) groups is 1. The van der Waals surface area contributed by atoms with Crippen LogP contribution in [0.5, 0.6) is 0 Å². The van der Waals surface area contributed by atoms with Gasteiger partial charge in [-0.3, -0.25) is 9.78 Å². The average Bonchev–Trinajstić information content (AvgIpc) is 2.98. The Hall–Kier alpha value is -1.51. The Morgan fingerprint density at radius 2 is 2.12 bits per heavy atom. The van der Waals surface area contributed by atoms with E-state index >= 15 is 0 Å². The molecule has 1 aromatic rings. The molecule has 8 heteroatoms. The molecule has 3 heterocycles. The lowest BCUT2D eigenvalue weighted by molar-refractivity contribution is -0.102. The maximum atomic E-state index is 12.0. The van der Waals surface area contributed by atoms with E-state index in [4.69, 9.17) is 4.74 Å². The fraction of sp³-hybridized carbons (Fsp3) is 0.625. The summed E-state index contributed by atoms with van der Waals surface area (Å²) in [5.41, 5.74) is 0.232. The molecule has 2 aliphatic heterocycles. The van der Waals surface area contributed by atoms with Crippen LogP contribution in [0.15, 0.2) is 24.5 Å². The van der Waals surface area contributed by atoms with Gasteiger partial charge in [0, 0.05) is 44.2 Å². The zero-order valence-electron chi connectivity index (χ0n) is 13.8. The van der Waals surface area contributed by atoms with Crippen LogP contribution in [0, 0.1) is 5.92 Å². The monoisotopic (exact) mass is 353 g/mol. The summed E-state index contributed by atoms with van der Waals surface area (Å²) in [5.74, 6) is 0.281. The molecule has 0 radical (unpaired) electrons. The number of nitrogens with one attached hydrogen (secondary N) is 1. The number of pyridine rings is 1. The third-order valence-corrected chi connectivity index (χ3v) is 6.74. The lowest BCUT2D eigenvalue weighted by Gasteiger charge is -2.49. The lowest BCUT2D eigenvalue weighted by Crippen LogP contribution is -2.66. The first kappa shape index (κ1) is 17.3. The fourth-order valence-electron chi connectivity index (χ4n) is 3.44. The second-order valence-corrected chi connectivity index (χ2v) is 8.61. The SMILES string of the molecule is CCS(=O)(=O)N1CC2(C1)OCCC2CCNC(=O)c1ccncc1. The van der Waals surface area contributed by atoms with Crippen molar-refractivity contribution in [1.82, 2.24) is 14.6 Å². The van der Waals surface area contributed by atoms with Crippen molar-refractivity contribution in [3.05, 3.63) is 30.1 Å². The minimum Gasteiger partial charge on any atom is -0.372 e. The van der Waals surface area contributed by atoms with Gasteiger partial charge in [0.15, 0.2) is 0 Å². The Morgan fingerprint density at radius 1 is 1.42 bits per heavy atom. The minimum atomic E-state index is -3.14. The van der Waals surface area contributed by atoms with Gasteiger partial charge in [-0.2, -0.15) is 4.31 Å². The van der Waals surface area contributed by atoms with E-state index in [1.165, 1.54) is 4.31 Å². The first-order chi connectivity index (χ1) is 11.5. The molecule has 3 rings (SSSR count). The van der Waals surface area contributed by atoms with Gasteiger partial charge < -0.3 is 10.1 Å². The Labute approximate surface area is 142 Å². The van der Waals surface area contributed by atoms with E-state index in [9.17, 15) is 13.2 Å².